The summed E-state index contributed by atoms with van der Waals surface area (Å²) in [6.45, 7) is 4.54. The summed E-state index contributed by atoms with van der Waals surface area (Å²) in [5, 5.41) is 4.74. The summed E-state index contributed by atoms with van der Waals surface area (Å²) < 4.78 is 43.1. The van der Waals surface area contributed by atoms with Gasteiger partial charge in [0.05, 0.1) is 16.9 Å². The number of benzene rings is 2. The van der Waals surface area contributed by atoms with Crippen molar-refractivity contribution in [2.75, 3.05) is 17.2 Å². The third kappa shape index (κ3) is 5.56. The number of hydrogen-bond acceptors (Lipinski definition) is 5. The van der Waals surface area contributed by atoms with Crippen molar-refractivity contribution < 1.29 is 18.0 Å². The van der Waals surface area contributed by atoms with Crippen LogP contribution in [0.15, 0.2) is 47.4 Å². The number of nitrogens with zero attached hydrogens (tertiary/aromatic N) is 4. The lowest BCUT2D eigenvalue weighted by Gasteiger charge is -2.20. The van der Waals surface area contributed by atoms with Gasteiger partial charge in [-0.1, -0.05) is 11.3 Å². The molecule has 5 nitrogen and oxygen atoms in total. The summed E-state index contributed by atoms with van der Waals surface area (Å²) in [5.41, 5.74) is 1.88. The molecule has 0 aliphatic carbocycles. The first-order valence-corrected chi connectivity index (χ1v) is 12.1. The number of fused-ring (bicyclic) bond motifs is 1. The van der Waals surface area contributed by atoms with E-state index in [9.17, 15) is 18.0 Å². The molecule has 0 saturated carbocycles. The van der Waals surface area contributed by atoms with Crippen molar-refractivity contribution in [1.29, 1.82) is 0 Å². The first kappa shape index (κ1) is 23.3. The second-order valence-corrected chi connectivity index (χ2v) is 9.66. The van der Waals surface area contributed by atoms with E-state index < -0.39 is 11.6 Å². The Kier molecular flexibility index (Phi) is 7.04. The minimum Gasteiger partial charge on any atom is -0.286 e. The maximum atomic E-state index is 14.2. The molecule has 0 spiro atoms. The zero-order valence-corrected chi connectivity index (χ0v) is 19.7. The predicted molar refractivity (Wildman–Crippen MR) is 125 cm³/mol. The molecule has 0 bridgehead atoms. The molecule has 0 saturated heterocycles. The van der Waals surface area contributed by atoms with Crippen molar-refractivity contribution in [1.82, 2.24) is 14.8 Å². The number of aromatic nitrogens is 3. The van der Waals surface area contributed by atoms with Crippen LogP contribution in [0.25, 0.3) is 10.2 Å². The van der Waals surface area contributed by atoms with Gasteiger partial charge in [0, 0.05) is 35.4 Å². The fraction of sp³-hybridized carbons (Fsp3) is 0.261. The Morgan fingerprint density at radius 2 is 1.85 bits per heavy atom. The first-order valence-electron chi connectivity index (χ1n) is 10.3. The van der Waals surface area contributed by atoms with Gasteiger partial charge in [-0.05, 0) is 50.2 Å². The van der Waals surface area contributed by atoms with Crippen LogP contribution < -0.4 is 4.90 Å². The van der Waals surface area contributed by atoms with Crippen molar-refractivity contribution >= 4 is 44.4 Å². The third-order valence-corrected chi connectivity index (χ3v) is 7.01. The van der Waals surface area contributed by atoms with Crippen LogP contribution in [0.2, 0.25) is 0 Å². The van der Waals surface area contributed by atoms with E-state index in [-0.39, 0.29) is 30.2 Å². The van der Waals surface area contributed by atoms with Gasteiger partial charge >= 0.3 is 0 Å². The average molecular weight is 491 g/mol. The van der Waals surface area contributed by atoms with Gasteiger partial charge in [-0.2, -0.15) is 5.10 Å². The second-order valence-electron chi connectivity index (χ2n) is 7.48. The van der Waals surface area contributed by atoms with E-state index in [0.29, 0.717) is 22.1 Å². The van der Waals surface area contributed by atoms with Gasteiger partial charge < -0.3 is 0 Å². The largest absolute Gasteiger partial charge is 0.286 e. The fourth-order valence-corrected chi connectivity index (χ4v) is 5.30. The number of anilines is 1. The van der Waals surface area contributed by atoms with Gasteiger partial charge in [0.1, 0.15) is 17.2 Å². The van der Waals surface area contributed by atoms with E-state index in [0.717, 1.165) is 33.7 Å². The summed E-state index contributed by atoms with van der Waals surface area (Å²) in [4.78, 5) is 19.8. The lowest BCUT2D eigenvalue weighted by atomic mass is 10.3. The van der Waals surface area contributed by atoms with Gasteiger partial charge in [-0.25, -0.2) is 18.2 Å². The molecule has 0 unspecified atom stereocenters. The smallest absolute Gasteiger partial charge is 0.229 e. The van der Waals surface area contributed by atoms with Gasteiger partial charge in [0.25, 0.3) is 0 Å². The highest BCUT2D eigenvalue weighted by Crippen LogP contribution is 2.32. The normalized spacial score (nSPS) is 11.3. The highest BCUT2D eigenvalue weighted by molar-refractivity contribution is 7.99. The molecule has 0 aliphatic heterocycles. The molecule has 4 rings (SSSR count). The van der Waals surface area contributed by atoms with E-state index in [1.165, 1.54) is 34.9 Å². The predicted octanol–water partition coefficient (Wildman–Crippen LogP) is 5.74. The van der Waals surface area contributed by atoms with Crippen molar-refractivity contribution in [3.63, 3.8) is 0 Å². The fourth-order valence-electron chi connectivity index (χ4n) is 3.41. The molecule has 0 fully saturated rings. The van der Waals surface area contributed by atoms with Crippen LogP contribution in [0.4, 0.5) is 18.3 Å². The summed E-state index contributed by atoms with van der Waals surface area (Å²) in [5.74, 6) is -1.47. The number of rotatable bonds is 8. The number of aryl methyl sites for hydroxylation is 2. The molecule has 1 amide bonds. The molecule has 33 heavy (non-hydrogen) atoms. The maximum absolute atomic E-state index is 14.2. The van der Waals surface area contributed by atoms with Crippen LogP contribution in [0.3, 0.4) is 0 Å². The van der Waals surface area contributed by atoms with Crippen LogP contribution in [-0.2, 0) is 11.3 Å². The summed E-state index contributed by atoms with van der Waals surface area (Å²) >= 11 is 2.52. The standard InChI is InChI=1S/C23H21F3N4OS2/c1-14-11-15(2)30(28-14)9-8-29(21(31)7-10-32-18-5-3-16(24)4-6-18)23-27-22-19(26)12-17(25)13-20(22)33-23/h3-6,11-13H,7-10H2,1-2H3. The van der Waals surface area contributed by atoms with E-state index in [4.69, 9.17) is 0 Å². The minimum atomic E-state index is -0.759. The monoisotopic (exact) mass is 490 g/mol. The zero-order chi connectivity index (χ0) is 23.5. The van der Waals surface area contributed by atoms with Crippen molar-refractivity contribution in [3.05, 3.63) is 71.3 Å². The molecule has 10 heteroatoms. The molecule has 4 aromatic rings. The summed E-state index contributed by atoms with van der Waals surface area (Å²) in [6.07, 6.45) is 0.200. The molecule has 2 aromatic heterocycles. The van der Waals surface area contributed by atoms with E-state index in [1.807, 2.05) is 19.9 Å². The maximum Gasteiger partial charge on any atom is 0.229 e. The van der Waals surface area contributed by atoms with Crippen LogP contribution >= 0.6 is 23.1 Å². The van der Waals surface area contributed by atoms with Gasteiger partial charge in [0.15, 0.2) is 10.9 Å². The topological polar surface area (TPSA) is 51.0 Å². The second kappa shape index (κ2) is 9.96. The van der Waals surface area contributed by atoms with E-state index >= 15 is 0 Å². The Morgan fingerprint density at radius 3 is 2.55 bits per heavy atom. The van der Waals surface area contributed by atoms with Crippen molar-refractivity contribution in [2.24, 2.45) is 0 Å². The van der Waals surface area contributed by atoms with Gasteiger partial charge in [0.2, 0.25) is 5.91 Å². The van der Waals surface area contributed by atoms with Crippen molar-refractivity contribution in [2.45, 2.75) is 31.7 Å². The number of carbonyl (C=O) groups excluding carboxylic acids is 1. The third-order valence-electron chi connectivity index (χ3n) is 4.97. The van der Waals surface area contributed by atoms with Gasteiger partial charge in [-0.3, -0.25) is 14.4 Å². The number of thioether (sulfide) groups is 1. The number of halogens is 3. The highest BCUT2D eigenvalue weighted by atomic mass is 32.2. The molecule has 0 radical (unpaired) electrons. The Hall–Kier alpha value is -2.85. The van der Waals surface area contributed by atoms with E-state index in [2.05, 4.69) is 10.1 Å². The highest BCUT2D eigenvalue weighted by Gasteiger charge is 2.21. The molecule has 0 N–H and O–H groups in total. The Morgan fingerprint density at radius 1 is 1.09 bits per heavy atom. The first-order chi connectivity index (χ1) is 15.8. The van der Waals surface area contributed by atoms with Crippen LogP contribution in [0, 0.1) is 31.3 Å². The number of amides is 1. The summed E-state index contributed by atoms with van der Waals surface area (Å²) in [6, 6.07) is 10.0. The Labute approximate surface area is 197 Å². The molecular formula is C23H21F3N4OS2. The van der Waals surface area contributed by atoms with Gasteiger partial charge in [-0.15, -0.1) is 11.8 Å². The lowest BCUT2D eigenvalue weighted by Crippen LogP contribution is -2.34. The minimum absolute atomic E-state index is 0.0426. The van der Waals surface area contributed by atoms with Crippen LogP contribution in [0.5, 0.6) is 0 Å². The van der Waals surface area contributed by atoms with E-state index in [1.54, 1.807) is 16.8 Å². The number of thiazole rings is 1. The quantitative estimate of drug-likeness (QED) is 0.296. The number of hydrogen-bond donors (Lipinski definition) is 0. The van der Waals surface area contributed by atoms with Crippen LogP contribution in [0.1, 0.15) is 17.8 Å². The average Bonchev–Trinajstić information content (AvgIpc) is 3.32. The SMILES string of the molecule is Cc1cc(C)n(CCN(C(=O)CCSc2ccc(F)cc2)c2nc3c(F)cc(F)cc3s2)n1. The summed E-state index contributed by atoms with van der Waals surface area (Å²) in [7, 11) is 0. The molecular weight excluding hydrogens is 469 g/mol. The lowest BCUT2D eigenvalue weighted by molar-refractivity contribution is -0.118. The molecule has 2 heterocycles. The van der Waals surface area contributed by atoms with Crippen molar-refractivity contribution in [3.8, 4) is 0 Å². The molecule has 0 aliphatic rings. The Bertz CT molecular complexity index is 1290. The van der Waals surface area contributed by atoms with Crippen LogP contribution in [-0.4, -0.2) is 33.0 Å². The zero-order valence-electron chi connectivity index (χ0n) is 18.0. The molecule has 0 atom stereocenters. The number of carbonyl (C=O) groups is 1. The molecule has 2 aromatic carbocycles. The Balaban J connectivity index is 1.53. The molecule has 172 valence electrons.